The fourth-order valence-electron chi connectivity index (χ4n) is 6.57. The van der Waals surface area contributed by atoms with Crippen molar-refractivity contribution < 1.29 is 9.84 Å². The first kappa shape index (κ1) is 18.2. The lowest BCUT2D eigenvalue weighted by Crippen LogP contribution is -2.65. The summed E-state index contributed by atoms with van der Waals surface area (Å²) in [6, 6.07) is 0. The standard InChI is InChI=1S/C20H33IO2/c1-6-18(4)9-7-16-19(5,23-18)10-8-15-17(2,3)11-14(22)12-20(15,16)13-21/h6,14-16,22H,1,7-13H2,2-5H3/t14-,15+,16+,18+,19-,20-/m1/s1. The summed E-state index contributed by atoms with van der Waals surface area (Å²) >= 11 is 2.59. The first-order chi connectivity index (χ1) is 10.6. The van der Waals surface area contributed by atoms with Gasteiger partial charge in [-0.15, -0.1) is 6.58 Å². The third-order valence-corrected chi connectivity index (χ3v) is 8.87. The molecular formula is C20H33IO2. The van der Waals surface area contributed by atoms with Crippen LogP contribution in [0.25, 0.3) is 0 Å². The van der Waals surface area contributed by atoms with E-state index in [4.69, 9.17) is 4.74 Å². The van der Waals surface area contributed by atoms with Crippen LogP contribution in [0.4, 0.5) is 0 Å². The van der Waals surface area contributed by atoms with Crippen LogP contribution in [0, 0.1) is 22.7 Å². The van der Waals surface area contributed by atoms with Gasteiger partial charge in [-0.2, -0.15) is 0 Å². The lowest BCUT2D eigenvalue weighted by atomic mass is 9.44. The summed E-state index contributed by atoms with van der Waals surface area (Å²) < 4.78 is 7.82. The van der Waals surface area contributed by atoms with Gasteiger partial charge in [0, 0.05) is 4.43 Å². The molecule has 6 atom stereocenters. The summed E-state index contributed by atoms with van der Waals surface area (Å²) in [6.45, 7) is 13.3. The van der Waals surface area contributed by atoms with E-state index in [0.29, 0.717) is 11.8 Å². The van der Waals surface area contributed by atoms with Crippen molar-refractivity contribution in [3.8, 4) is 0 Å². The van der Waals surface area contributed by atoms with Crippen molar-refractivity contribution in [2.75, 3.05) is 4.43 Å². The SMILES string of the molecule is C=C[C@@]1(C)CC[C@@H]2[C@@]3(CI)C[C@H](O)CC(C)(C)[C@@H]3CC[C@@]2(C)O1. The van der Waals surface area contributed by atoms with E-state index < -0.39 is 0 Å². The normalized spacial score (nSPS) is 52.3. The molecule has 1 saturated heterocycles. The van der Waals surface area contributed by atoms with Gasteiger partial charge >= 0.3 is 0 Å². The summed E-state index contributed by atoms with van der Waals surface area (Å²) in [7, 11) is 0. The molecule has 0 aromatic heterocycles. The highest BCUT2D eigenvalue weighted by atomic mass is 127. The lowest BCUT2D eigenvalue weighted by molar-refractivity contribution is -0.258. The van der Waals surface area contributed by atoms with Crippen LogP contribution in [-0.4, -0.2) is 26.8 Å². The fraction of sp³-hybridized carbons (Fsp3) is 0.900. The second kappa shape index (κ2) is 5.70. The van der Waals surface area contributed by atoms with Gasteiger partial charge in [-0.1, -0.05) is 42.5 Å². The Balaban J connectivity index is 2.01. The predicted molar refractivity (Wildman–Crippen MR) is 104 cm³/mol. The van der Waals surface area contributed by atoms with Crippen LogP contribution in [0.15, 0.2) is 12.7 Å². The van der Waals surface area contributed by atoms with Gasteiger partial charge in [-0.25, -0.2) is 0 Å². The number of aliphatic hydroxyl groups excluding tert-OH is 1. The largest absolute Gasteiger partial charge is 0.393 e. The third kappa shape index (κ3) is 2.73. The molecule has 0 amide bonds. The Hall–Kier alpha value is 0.390. The van der Waals surface area contributed by atoms with Gasteiger partial charge in [-0.3, -0.25) is 0 Å². The maximum Gasteiger partial charge on any atom is 0.0839 e. The molecule has 1 heterocycles. The van der Waals surface area contributed by atoms with Crippen molar-refractivity contribution >= 4 is 22.6 Å². The molecule has 3 fully saturated rings. The molecule has 23 heavy (non-hydrogen) atoms. The van der Waals surface area contributed by atoms with Crippen molar-refractivity contribution in [1.82, 2.24) is 0 Å². The highest BCUT2D eigenvalue weighted by Crippen LogP contribution is 2.66. The number of fused-ring (bicyclic) bond motifs is 3. The zero-order chi connectivity index (χ0) is 17.1. The third-order valence-electron chi connectivity index (χ3n) is 7.45. The van der Waals surface area contributed by atoms with E-state index in [1.54, 1.807) is 0 Å². The Kier molecular flexibility index (Phi) is 4.51. The molecule has 3 heteroatoms. The van der Waals surface area contributed by atoms with E-state index in [1.165, 1.54) is 12.8 Å². The molecule has 2 aliphatic carbocycles. The van der Waals surface area contributed by atoms with E-state index in [2.05, 4.69) is 56.9 Å². The molecular weight excluding hydrogens is 399 g/mol. The molecule has 1 aliphatic heterocycles. The molecule has 2 nitrogen and oxygen atoms in total. The van der Waals surface area contributed by atoms with Crippen molar-refractivity contribution in [1.29, 1.82) is 0 Å². The Morgan fingerprint density at radius 1 is 1.13 bits per heavy atom. The number of alkyl halides is 1. The second-order valence-electron chi connectivity index (χ2n) is 9.53. The van der Waals surface area contributed by atoms with E-state index in [1.807, 2.05) is 6.08 Å². The minimum Gasteiger partial charge on any atom is -0.393 e. The first-order valence-corrected chi connectivity index (χ1v) is 10.7. The van der Waals surface area contributed by atoms with Crippen molar-refractivity contribution in [2.45, 2.75) is 83.5 Å². The second-order valence-corrected chi connectivity index (χ2v) is 10.3. The van der Waals surface area contributed by atoms with Crippen LogP contribution < -0.4 is 0 Å². The topological polar surface area (TPSA) is 29.5 Å². The number of halogens is 1. The van der Waals surface area contributed by atoms with E-state index >= 15 is 0 Å². The minimum absolute atomic E-state index is 0.0734. The fourth-order valence-corrected chi connectivity index (χ4v) is 7.95. The molecule has 0 radical (unpaired) electrons. The van der Waals surface area contributed by atoms with Gasteiger partial charge in [0.05, 0.1) is 17.3 Å². The maximum absolute atomic E-state index is 10.6. The van der Waals surface area contributed by atoms with Crippen LogP contribution in [0.5, 0.6) is 0 Å². The summed E-state index contributed by atoms with van der Waals surface area (Å²) in [5.74, 6) is 1.25. The van der Waals surface area contributed by atoms with Crippen molar-refractivity contribution in [3.63, 3.8) is 0 Å². The average molecular weight is 432 g/mol. The highest BCUT2D eigenvalue weighted by Gasteiger charge is 2.64. The highest BCUT2D eigenvalue weighted by molar-refractivity contribution is 14.1. The van der Waals surface area contributed by atoms with Crippen LogP contribution >= 0.6 is 22.6 Å². The van der Waals surface area contributed by atoms with Crippen molar-refractivity contribution in [2.24, 2.45) is 22.7 Å². The van der Waals surface area contributed by atoms with Crippen molar-refractivity contribution in [3.05, 3.63) is 12.7 Å². The molecule has 0 bridgehead atoms. The number of aliphatic hydroxyl groups is 1. The molecule has 1 N–H and O–H groups in total. The Bertz CT molecular complexity index is 490. The number of hydrogen-bond acceptors (Lipinski definition) is 2. The Labute approximate surface area is 155 Å². The van der Waals surface area contributed by atoms with Gasteiger partial charge in [0.1, 0.15) is 0 Å². The Morgan fingerprint density at radius 3 is 2.39 bits per heavy atom. The van der Waals surface area contributed by atoms with E-state index in [0.717, 1.165) is 30.1 Å². The zero-order valence-electron chi connectivity index (χ0n) is 15.2. The number of rotatable bonds is 2. The van der Waals surface area contributed by atoms with Crippen LogP contribution in [0.1, 0.15) is 66.2 Å². The molecule has 3 rings (SSSR count). The number of ether oxygens (including phenoxy) is 1. The smallest absolute Gasteiger partial charge is 0.0839 e. The summed E-state index contributed by atoms with van der Waals surface area (Å²) in [5, 5.41) is 10.6. The molecule has 3 aliphatic rings. The van der Waals surface area contributed by atoms with E-state index in [9.17, 15) is 5.11 Å². The predicted octanol–water partition coefficient (Wildman–Crippen LogP) is 5.13. The molecule has 0 spiro atoms. The molecule has 0 aromatic rings. The van der Waals surface area contributed by atoms with Gasteiger partial charge < -0.3 is 9.84 Å². The van der Waals surface area contributed by atoms with Crippen LogP contribution in [-0.2, 0) is 4.74 Å². The molecule has 2 saturated carbocycles. The average Bonchev–Trinajstić information content (AvgIpc) is 2.44. The maximum atomic E-state index is 10.6. The Morgan fingerprint density at radius 2 is 1.78 bits per heavy atom. The minimum atomic E-state index is -0.187. The quantitative estimate of drug-likeness (QED) is 0.373. The summed E-state index contributed by atoms with van der Waals surface area (Å²) in [5.41, 5.74) is 0.184. The molecule has 132 valence electrons. The molecule has 0 unspecified atom stereocenters. The summed E-state index contributed by atoms with van der Waals surface area (Å²) in [4.78, 5) is 0. The van der Waals surface area contributed by atoms with Gasteiger partial charge in [0.25, 0.3) is 0 Å². The van der Waals surface area contributed by atoms with Crippen LogP contribution in [0.3, 0.4) is 0 Å². The van der Waals surface area contributed by atoms with E-state index in [-0.39, 0.29) is 28.1 Å². The van der Waals surface area contributed by atoms with Gasteiger partial charge in [0.2, 0.25) is 0 Å². The zero-order valence-corrected chi connectivity index (χ0v) is 17.4. The summed E-state index contributed by atoms with van der Waals surface area (Å²) in [6.07, 6.45) is 8.36. The van der Waals surface area contributed by atoms with Gasteiger partial charge in [-0.05, 0) is 75.0 Å². The number of hydrogen-bond donors (Lipinski definition) is 1. The van der Waals surface area contributed by atoms with Crippen LogP contribution in [0.2, 0.25) is 0 Å². The monoisotopic (exact) mass is 432 g/mol. The first-order valence-electron chi connectivity index (χ1n) is 9.19. The van der Waals surface area contributed by atoms with Gasteiger partial charge in [0.15, 0.2) is 0 Å². The molecule has 0 aromatic carbocycles. The lowest BCUT2D eigenvalue weighted by Gasteiger charge is -2.66.